The molecule has 220 valence electrons. The summed E-state index contributed by atoms with van der Waals surface area (Å²) < 4.78 is 29.7. The van der Waals surface area contributed by atoms with Crippen molar-refractivity contribution in [1.82, 2.24) is 10.2 Å². The van der Waals surface area contributed by atoms with Crippen LogP contribution in [0.3, 0.4) is 0 Å². The van der Waals surface area contributed by atoms with Crippen LogP contribution in [0.2, 0.25) is 10.0 Å². The van der Waals surface area contributed by atoms with E-state index in [2.05, 4.69) is 21.2 Å². The van der Waals surface area contributed by atoms with E-state index in [4.69, 9.17) is 23.2 Å². The SMILES string of the molecule is CCCCNC(=O)[C@@H](CC)N(Cc1c(Cl)cccc1Cl)C(=O)CN(c1ccc(Br)cc1)S(=O)(=O)c1ccc(C)cc1. The Hall–Kier alpha value is -2.59. The third-order valence-corrected chi connectivity index (χ3v) is 9.63. The normalized spacial score (nSPS) is 12.0. The van der Waals surface area contributed by atoms with Crippen LogP contribution >= 0.6 is 39.1 Å². The van der Waals surface area contributed by atoms with Crippen molar-refractivity contribution in [3.63, 3.8) is 0 Å². The maximum Gasteiger partial charge on any atom is 0.264 e. The fourth-order valence-electron chi connectivity index (χ4n) is 4.25. The molecule has 0 saturated heterocycles. The maximum absolute atomic E-state index is 14.1. The highest BCUT2D eigenvalue weighted by Crippen LogP contribution is 2.29. The van der Waals surface area contributed by atoms with E-state index in [0.717, 1.165) is 27.2 Å². The first-order chi connectivity index (χ1) is 19.5. The van der Waals surface area contributed by atoms with Crippen molar-refractivity contribution < 1.29 is 18.0 Å². The van der Waals surface area contributed by atoms with E-state index >= 15 is 0 Å². The Morgan fingerprint density at radius 2 is 1.56 bits per heavy atom. The molecule has 11 heteroatoms. The van der Waals surface area contributed by atoms with E-state index in [0.29, 0.717) is 34.3 Å². The average molecular weight is 683 g/mol. The number of benzene rings is 3. The zero-order chi connectivity index (χ0) is 30.2. The first-order valence-corrected chi connectivity index (χ1v) is 16.3. The molecule has 0 aliphatic rings. The molecule has 1 atom stereocenters. The molecule has 3 rings (SSSR count). The summed E-state index contributed by atoms with van der Waals surface area (Å²) >= 11 is 16.3. The highest BCUT2D eigenvalue weighted by atomic mass is 79.9. The van der Waals surface area contributed by atoms with Gasteiger partial charge in [-0.3, -0.25) is 13.9 Å². The number of halogens is 3. The van der Waals surface area contributed by atoms with Crippen LogP contribution < -0.4 is 9.62 Å². The van der Waals surface area contributed by atoms with Gasteiger partial charge in [-0.1, -0.05) is 83.2 Å². The first kappa shape index (κ1) is 32.9. The largest absolute Gasteiger partial charge is 0.354 e. The predicted octanol–water partition coefficient (Wildman–Crippen LogP) is 6.98. The van der Waals surface area contributed by atoms with Crippen LogP contribution in [0, 0.1) is 6.92 Å². The molecule has 0 fully saturated rings. The molecule has 0 radical (unpaired) electrons. The van der Waals surface area contributed by atoms with Crippen LogP contribution in [0.25, 0.3) is 0 Å². The number of anilines is 1. The standard InChI is InChI=1S/C30H34BrCl2N3O4S/c1-4-6-18-34-30(38)28(5-2)35(19-25-26(32)8-7-9-27(25)33)29(37)20-36(23-14-12-22(31)13-15-23)41(39,40)24-16-10-21(3)11-17-24/h7-17,28H,4-6,18-20H2,1-3H3,(H,34,38)/t28-/m1/s1. The zero-order valence-corrected chi connectivity index (χ0v) is 27.2. The molecule has 2 amide bonds. The maximum atomic E-state index is 14.1. The summed E-state index contributed by atoms with van der Waals surface area (Å²) in [5.41, 5.74) is 1.68. The Bertz CT molecular complexity index is 1430. The minimum absolute atomic E-state index is 0.0452. The summed E-state index contributed by atoms with van der Waals surface area (Å²) in [4.78, 5) is 28.8. The summed E-state index contributed by atoms with van der Waals surface area (Å²) in [5, 5.41) is 3.58. The Labute approximate surface area is 261 Å². The Morgan fingerprint density at radius 3 is 2.12 bits per heavy atom. The number of sulfonamides is 1. The van der Waals surface area contributed by atoms with E-state index in [1.807, 2.05) is 13.8 Å². The Balaban J connectivity index is 2.07. The summed E-state index contributed by atoms with van der Waals surface area (Å²) in [6, 6.07) is 17.2. The fourth-order valence-corrected chi connectivity index (χ4v) is 6.45. The molecule has 0 unspecified atom stereocenters. The molecular formula is C30H34BrCl2N3O4S. The Morgan fingerprint density at radius 1 is 0.951 bits per heavy atom. The number of rotatable bonds is 13. The zero-order valence-electron chi connectivity index (χ0n) is 23.2. The number of hydrogen-bond acceptors (Lipinski definition) is 4. The van der Waals surface area contributed by atoms with Crippen LogP contribution in [0.5, 0.6) is 0 Å². The van der Waals surface area contributed by atoms with Crippen molar-refractivity contribution >= 4 is 66.7 Å². The molecule has 0 aliphatic carbocycles. The molecule has 0 bridgehead atoms. The smallest absolute Gasteiger partial charge is 0.264 e. The van der Waals surface area contributed by atoms with Crippen molar-refractivity contribution in [2.75, 3.05) is 17.4 Å². The molecule has 41 heavy (non-hydrogen) atoms. The highest BCUT2D eigenvalue weighted by Gasteiger charge is 2.34. The molecular weight excluding hydrogens is 649 g/mol. The van der Waals surface area contributed by atoms with Crippen LogP contribution in [0.4, 0.5) is 5.69 Å². The summed E-state index contributed by atoms with van der Waals surface area (Å²) in [6.07, 6.45) is 1.99. The average Bonchev–Trinajstić information content (AvgIpc) is 2.94. The van der Waals surface area contributed by atoms with Gasteiger partial charge in [0.2, 0.25) is 11.8 Å². The second-order valence-corrected chi connectivity index (χ2v) is 13.2. The summed E-state index contributed by atoms with van der Waals surface area (Å²) in [7, 11) is -4.15. The number of unbranched alkanes of at least 4 members (excludes halogenated alkanes) is 1. The predicted molar refractivity (Wildman–Crippen MR) is 169 cm³/mol. The number of amides is 2. The monoisotopic (exact) mass is 681 g/mol. The second-order valence-electron chi connectivity index (χ2n) is 9.59. The lowest BCUT2D eigenvalue weighted by molar-refractivity contribution is -0.140. The van der Waals surface area contributed by atoms with Crippen LogP contribution in [-0.2, 0) is 26.2 Å². The van der Waals surface area contributed by atoms with Crippen molar-refractivity contribution in [1.29, 1.82) is 0 Å². The number of carbonyl (C=O) groups is 2. The number of carbonyl (C=O) groups excluding carboxylic acids is 2. The van der Waals surface area contributed by atoms with Gasteiger partial charge in [0, 0.05) is 33.2 Å². The van der Waals surface area contributed by atoms with Gasteiger partial charge >= 0.3 is 0 Å². The fraction of sp³-hybridized carbons (Fsp3) is 0.333. The van der Waals surface area contributed by atoms with Gasteiger partial charge in [-0.2, -0.15) is 0 Å². The van der Waals surface area contributed by atoms with Gasteiger partial charge in [0.25, 0.3) is 10.0 Å². The topological polar surface area (TPSA) is 86.8 Å². The van der Waals surface area contributed by atoms with Crippen molar-refractivity contribution in [2.24, 2.45) is 0 Å². The third-order valence-electron chi connectivity index (χ3n) is 6.61. The second kappa shape index (κ2) is 15.0. The quantitative estimate of drug-likeness (QED) is 0.197. The van der Waals surface area contributed by atoms with Gasteiger partial charge in [0.1, 0.15) is 12.6 Å². The van der Waals surface area contributed by atoms with E-state index in [1.165, 1.54) is 17.0 Å². The molecule has 0 heterocycles. The summed E-state index contributed by atoms with van der Waals surface area (Å²) in [5.74, 6) is -0.897. The number of nitrogens with zero attached hydrogens (tertiary/aromatic N) is 2. The van der Waals surface area contributed by atoms with Crippen molar-refractivity contribution in [3.05, 3.63) is 92.4 Å². The lowest BCUT2D eigenvalue weighted by Crippen LogP contribution is -2.52. The van der Waals surface area contributed by atoms with Crippen LogP contribution in [0.15, 0.2) is 76.1 Å². The first-order valence-electron chi connectivity index (χ1n) is 13.3. The van der Waals surface area contributed by atoms with Gasteiger partial charge < -0.3 is 10.2 Å². The van der Waals surface area contributed by atoms with Gasteiger partial charge in [-0.25, -0.2) is 8.42 Å². The van der Waals surface area contributed by atoms with E-state index in [-0.39, 0.29) is 17.3 Å². The van der Waals surface area contributed by atoms with E-state index < -0.39 is 28.5 Å². The van der Waals surface area contributed by atoms with Gasteiger partial charge in [-0.15, -0.1) is 0 Å². The lowest BCUT2D eigenvalue weighted by atomic mass is 10.1. The van der Waals surface area contributed by atoms with Gasteiger partial charge in [-0.05, 0) is 68.3 Å². The molecule has 7 nitrogen and oxygen atoms in total. The number of hydrogen-bond donors (Lipinski definition) is 1. The molecule has 0 spiro atoms. The van der Waals surface area contributed by atoms with Crippen LogP contribution in [0.1, 0.15) is 44.2 Å². The molecule has 3 aromatic carbocycles. The van der Waals surface area contributed by atoms with Gasteiger partial charge in [0.05, 0.1) is 10.6 Å². The molecule has 0 aliphatic heterocycles. The van der Waals surface area contributed by atoms with Crippen molar-refractivity contribution in [2.45, 2.75) is 57.5 Å². The van der Waals surface area contributed by atoms with E-state index in [1.54, 1.807) is 61.5 Å². The van der Waals surface area contributed by atoms with E-state index in [9.17, 15) is 18.0 Å². The molecule has 0 aromatic heterocycles. The molecule has 1 N–H and O–H groups in total. The highest BCUT2D eigenvalue weighted by molar-refractivity contribution is 9.10. The number of aryl methyl sites for hydroxylation is 1. The molecule has 0 saturated carbocycles. The summed E-state index contributed by atoms with van der Waals surface area (Å²) in [6.45, 7) is 5.53. The third kappa shape index (κ3) is 8.47. The molecule has 3 aromatic rings. The Kier molecular flexibility index (Phi) is 12.1. The minimum atomic E-state index is -4.15. The van der Waals surface area contributed by atoms with Gasteiger partial charge in [0.15, 0.2) is 0 Å². The minimum Gasteiger partial charge on any atom is -0.354 e. The number of nitrogens with one attached hydrogen (secondary N) is 1. The van der Waals surface area contributed by atoms with Crippen LogP contribution in [-0.4, -0.2) is 44.3 Å². The lowest BCUT2D eigenvalue weighted by Gasteiger charge is -2.33. The van der Waals surface area contributed by atoms with Crippen molar-refractivity contribution in [3.8, 4) is 0 Å².